The van der Waals surface area contributed by atoms with Gasteiger partial charge in [-0.05, 0) is 50.6 Å². The van der Waals surface area contributed by atoms with Crippen molar-refractivity contribution in [2.45, 2.75) is 27.2 Å². The van der Waals surface area contributed by atoms with Crippen molar-refractivity contribution >= 4 is 11.7 Å². The third-order valence-corrected chi connectivity index (χ3v) is 4.12. The van der Waals surface area contributed by atoms with Crippen molar-refractivity contribution in [2.24, 2.45) is 0 Å². The summed E-state index contributed by atoms with van der Waals surface area (Å²) in [6, 6.07) is 15.0. The minimum Gasteiger partial charge on any atom is -0.490 e. The lowest BCUT2D eigenvalue weighted by molar-refractivity contribution is 0.102. The molecule has 0 saturated heterocycles. The van der Waals surface area contributed by atoms with E-state index in [2.05, 4.69) is 10.4 Å². The molecular formula is C22H25N3O3. The van der Waals surface area contributed by atoms with Crippen LogP contribution in [-0.4, -0.2) is 28.9 Å². The van der Waals surface area contributed by atoms with Gasteiger partial charge in [-0.3, -0.25) is 4.79 Å². The summed E-state index contributed by atoms with van der Waals surface area (Å²) in [4.78, 5) is 12.7. The maximum absolute atomic E-state index is 12.7. The number of para-hydroxylation sites is 1. The second kappa shape index (κ2) is 9.08. The van der Waals surface area contributed by atoms with Gasteiger partial charge in [-0.15, -0.1) is 5.10 Å². The number of anilines is 1. The van der Waals surface area contributed by atoms with Crippen molar-refractivity contribution < 1.29 is 14.3 Å². The molecule has 0 aliphatic rings. The van der Waals surface area contributed by atoms with E-state index in [4.69, 9.17) is 9.47 Å². The molecule has 1 N–H and O–H groups in total. The molecule has 3 aromatic rings. The lowest BCUT2D eigenvalue weighted by Gasteiger charge is -2.13. The zero-order chi connectivity index (χ0) is 19.9. The molecule has 1 amide bonds. The smallest absolute Gasteiger partial charge is 0.257 e. The fraction of sp³-hybridized carbons (Fsp3) is 0.273. The molecule has 0 bridgehead atoms. The zero-order valence-electron chi connectivity index (χ0n) is 16.4. The summed E-state index contributed by atoms with van der Waals surface area (Å²) >= 11 is 0. The van der Waals surface area contributed by atoms with Gasteiger partial charge in [0, 0.05) is 17.3 Å². The van der Waals surface area contributed by atoms with Crippen LogP contribution in [0.2, 0.25) is 0 Å². The fourth-order valence-electron chi connectivity index (χ4n) is 2.73. The Morgan fingerprint density at radius 2 is 1.86 bits per heavy atom. The van der Waals surface area contributed by atoms with Crippen molar-refractivity contribution in [1.82, 2.24) is 9.78 Å². The molecule has 0 unspecified atom stereocenters. The van der Waals surface area contributed by atoms with Crippen molar-refractivity contribution in [3.05, 3.63) is 65.9 Å². The van der Waals surface area contributed by atoms with E-state index in [-0.39, 0.29) is 5.91 Å². The maximum atomic E-state index is 12.7. The number of nitrogens with one attached hydrogen (secondary N) is 1. The van der Waals surface area contributed by atoms with Crippen molar-refractivity contribution in [1.29, 1.82) is 0 Å². The number of rotatable bonds is 8. The normalized spacial score (nSPS) is 10.5. The predicted molar refractivity (Wildman–Crippen MR) is 110 cm³/mol. The van der Waals surface area contributed by atoms with Crippen LogP contribution in [0.4, 0.5) is 5.82 Å². The molecule has 146 valence electrons. The summed E-state index contributed by atoms with van der Waals surface area (Å²) in [5, 5.41) is 7.37. The van der Waals surface area contributed by atoms with Crippen molar-refractivity contribution in [3.8, 4) is 17.2 Å². The zero-order valence-corrected chi connectivity index (χ0v) is 16.4. The minimum absolute atomic E-state index is 0.246. The van der Waals surface area contributed by atoms with Crippen molar-refractivity contribution in [2.75, 3.05) is 18.5 Å². The minimum atomic E-state index is -0.246. The standard InChI is InChI=1S/C22H25N3O3/c1-4-13-28-19-12-11-17(14-20(19)27-5-2)22(26)23-21-16(3)15-25(24-21)18-9-7-6-8-10-18/h6-12,14-15H,4-5,13H2,1-3H3,(H,23,24,26). The third-order valence-electron chi connectivity index (χ3n) is 4.12. The molecule has 28 heavy (non-hydrogen) atoms. The first-order chi connectivity index (χ1) is 13.6. The number of hydrogen-bond acceptors (Lipinski definition) is 4. The Labute approximate surface area is 165 Å². The highest BCUT2D eigenvalue weighted by Crippen LogP contribution is 2.29. The highest BCUT2D eigenvalue weighted by molar-refractivity contribution is 6.04. The Bertz CT molecular complexity index is 935. The van der Waals surface area contributed by atoms with Crippen LogP contribution in [0, 0.1) is 6.92 Å². The van der Waals surface area contributed by atoms with Crippen LogP contribution in [0.3, 0.4) is 0 Å². The Morgan fingerprint density at radius 3 is 2.57 bits per heavy atom. The molecule has 1 aromatic heterocycles. The summed E-state index contributed by atoms with van der Waals surface area (Å²) in [6.07, 6.45) is 2.79. The quantitative estimate of drug-likeness (QED) is 0.620. The number of aromatic nitrogens is 2. The first-order valence-electron chi connectivity index (χ1n) is 9.45. The second-order valence-electron chi connectivity index (χ2n) is 6.34. The van der Waals surface area contributed by atoms with Gasteiger partial charge in [-0.25, -0.2) is 4.68 Å². The first-order valence-corrected chi connectivity index (χ1v) is 9.45. The number of benzene rings is 2. The fourth-order valence-corrected chi connectivity index (χ4v) is 2.73. The molecule has 1 heterocycles. The van der Waals surface area contributed by atoms with E-state index < -0.39 is 0 Å². The van der Waals surface area contributed by atoms with Gasteiger partial charge in [0.25, 0.3) is 5.91 Å². The van der Waals surface area contributed by atoms with Crippen molar-refractivity contribution in [3.63, 3.8) is 0 Å². The van der Waals surface area contributed by atoms with Gasteiger partial charge in [0.05, 0.1) is 18.9 Å². The number of carbonyl (C=O) groups excluding carboxylic acids is 1. The molecule has 6 heteroatoms. The monoisotopic (exact) mass is 379 g/mol. The second-order valence-corrected chi connectivity index (χ2v) is 6.34. The number of aryl methyl sites for hydroxylation is 1. The molecule has 6 nitrogen and oxygen atoms in total. The molecule has 2 aromatic carbocycles. The number of nitrogens with zero attached hydrogens (tertiary/aromatic N) is 2. The highest BCUT2D eigenvalue weighted by Gasteiger charge is 2.15. The Balaban J connectivity index is 1.79. The summed E-state index contributed by atoms with van der Waals surface area (Å²) in [5.74, 6) is 1.49. The predicted octanol–water partition coefficient (Wildman–Crippen LogP) is 4.62. The van der Waals surface area contributed by atoms with Gasteiger partial charge in [0.2, 0.25) is 0 Å². The topological polar surface area (TPSA) is 65.4 Å². The van der Waals surface area contributed by atoms with Gasteiger partial charge in [-0.2, -0.15) is 0 Å². The van der Waals surface area contributed by atoms with E-state index in [0.29, 0.717) is 36.1 Å². The van der Waals surface area contributed by atoms with E-state index in [1.54, 1.807) is 22.9 Å². The van der Waals surface area contributed by atoms with Crippen LogP contribution in [0.15, 0.2) is 54.7 Å². The molecule has 0 radical (unpaired) electrons. The van der Waals surface area contributed by atoms with Crippen LogP contribution in [-0.2, 0) is 0 Å². The molecule has 0 fully saturated rings. The Kier molecular flexibility index (Phi) is 6.32. The van der Waals surface area contributed by atoms with E-state index in [0.717, 1.165) is 17.7 Å². The number of carbonyl (C=O) groups is 1. The van der Waals surface area contributed by atoms with Crippen LogP contribution in [0.1, 0.15) is 36.2 Å². The Hall–Kier alpha value is -3.28. The summed E-state index contributed by atoms with van der Waals surface area (Å²) in [5.41, 5.74) is 2.30. The average Bonchev–Trinajstić information content (AvgIpc) is 3.08. The largest absolute Gasteiger partial charge is 0.490 e. The van der Waals surface area contributed by atoms with Gasteiger partial charge in [-0.1, -0.05) is 25.1 Å². The maximum Gasteiger partial charge on any atom is 0.257 e. The Morgan fingerprint density at radius 1 is 1.07 bits per heavy atom. The lowest BCUT2D eigenvalue weighted by Crippen LogP contribution is -2.14. The average molecular weight is 379 g/mol. The van der Waals surface area contributed by atoms with E-state index in [1.165, 1.54) is 0 Å². The highest BCUT2D eigenvalue weighted by atomic mass is 16.5. The molecular weight excluding hydrogens is 354 g/mol. The van der Waals surface area contributed by atoms with E-state index in [1.807, 2.05) is 57.3 Å². The molecule has 0 atom stereocenters. The molecule has 3 rings (SSSR count). The van der Waals surface area contributed by atoms with Crippen LogP contribution >= 0.6 is 0 Å². The number of hydrogen-bond donors (Lipinski definition) is 1. The van der Waals surface area contributed by atoms with Gasteiger partial charge >= 0.3 is 0 Å². The van der Waals surface area contributed by atoms with Crippen LogP contribution < -0.4 is 14.8 Å². The molecule has 0 saturated carbocycles. The third kappa shape index (κ3) is 4.52. The lowest BCUT2D eigenvalue weighted by atomic mass is 10.2. The summed E-state index contributed by atoms with van der Waals surface area (Å²) < 4.78 is 13.1. The van der Waals surface area contributed by atoms with Gasteiger partial charge in [0.1, 0.15) is 0 Å². The van der Waals surface area contributed by atoms with Crippen LogP contribution in [0.25, 0.3) is 5.69 Å². The molecule has 0 spiro atoms. The number of ether oxygens (including phenoxy) is 2. The van der Waals surface area contributed by atoms with Gasteiger partial charge < -0.3 is 14.8 Å². The summed E-state index contributed by atoms with van der Waals surface area (Å²) in [6.45, 7) is 6.94. The SMILES string of the molecule is CCCOc1ccc(C(=O)Nc2nn(-c3ccccc3)cc2C)cc1OCC. The first kappa shape index (κ1) is 19.5. The summed E-state index contributed by atoms with van der Waals surface area (Å²) in [7, 11) is 0. The van der Waals surface area contributed by atoms with E-state index >= 15 is 0 Å². The molecule has 0 aliphatic heterocycles. The molecule has 0 aliphatic carbocycles. The van der Waals surface area contributed by atoms with E-state index in [9.17, 15) is 4.79 Å². The number of amides is 1. The van der Waals surface area contributed by atoms with Crippen LogP contribution in [0.5, 0.6) is 11.5 Å². The van der Waals surface area contributed by atoms with Gasteiger partial charge in [0.15, 0.2) is 17.3 Å².